The maximum atomic E-state index is 12.5. The molecule has 4 rings (SSSR count). The Kier molecular flexibility index (Phi) is 4.42. The van der Waals surface area contributed by atoms with Gasteiger partial charge in [-0.1, -0.05) is 28.1 Å². The topological polar surface area (TPSA) is 60.5 Å². The summed E-state index contributed by atoms with van der Waals surface area (Å²) < 4.78 is 12.0. The molecule has 1 aliphatic rings. The van der Waals surface area contributed by atoms with Gasteiger partial charge in [-0.25, -0.2) is 4.98 Å². The van der Waals surface area contributed by atoms with Gasteiger partial charge in [0.2, 0.25) is 0 Å². The van der Waals surface area contributed by atoms with E-state index >= 15 is 0 Å². The van der Waals surface area contributed by atoms with E-state index in [4.69, 9.17) is 9.47 Å². The van der Waals surface area contributed by atoms with Gasteiger partial charge in [0.05, 0.1) is 5.69 Å². The highest BCUT2D eigenvalue weighted by Gasteiger charge is 2.16. The maximum Gasteiger partial charge on any atom is 0.257 e. The van der Waals surface area contributed by atoms with E-state index in [0.29, 0.717) is 35.4 Å². The Morgan fingerprint density at radius 1 is 1.12 bits per heavy atom. The zero-order valence-corrected chi connectivity index (χ0v) is 15.4. The van der Waals surface area contributed by atoms with Crippen LogP contribution in [0.2, 0.25) is 0 Å². The minimum absolute atomic E-state index is 0.230. The van der Waals surface area contributed by atoms with Crippen molar-refractivity contribution in [1.82, 2.24) is 4.98 Å². The first-order valence-electron chi connectivity index (χ1n) is 7.61. The van der Waals surface area contributed by atoms with Crippen LogP contribution in [-0.4, -0.2) is 24.1 Å². The number of hydrogen-bond acceptors (Lipinski definition) is 5. The van der Waals surface area contributed by atoms with Crippen LogP contribution in [0.25, 0.3) is 11.3 Å². The molecule has 2 heterocycles. The predicted molar refractivity (Wildman–Crippen MR) is 101 cm³/mol. The van der Waals surface area contributed by atoms with Gasteiger partial charge in [-0.2, -0.15) is 0 Å². The highest BCUT2D eigenvalue weighted by molar-refractivity contribution is 9.10. The van der Waals surface area contributed by atoms with Crippen molar-refractivity contribution in [3.63, 3.8) is 0 Å². The number of carbonyl (C=O) groups is 1. The van der Waals surface area contributed by atoms with Crippen LogP contribution in [0.3, 0.4) is 0 Å². The van der Waals surface area contributed by atoms with Crippen LogP contribution >= 0.6 is 27.3 Å². The van der Waals surface area contributed by atoms with Gasteiger partial charge >= 0.3 is 0 Å². The molecule has 1 aromatic heterocycles. The summed E-state index contributed by atoms with van der Waals surface area (Å²) in [7, 11) is 0. The monoisotopic (exact) mass is 416 g/mol. The Morgan fingerprint density at radius 3 is 2.80 bits per heavy atom. The van der Waals surface area contributed by atoms with Crippen molar-refractivity contribution >= 4 is 38.3 Å². The summed E-state index contributed by atoms with van der Waals surface area (Å²) in [6, 6.07) is 13.0. The average Bonchev–Trinajstić information content (AvgIpc) is 3.10. The van der Waals surface area contributed by atoms with Gasteiger partial charge in [0, 0.05) is 21.0 Å². The molecule has 0 unspecified atom stereocenters. The molecule has 0 saturated carbocycles. The summed E-state index contributed by atoms with van der Waals surface area (Å²) in [5.41, 5.74) is 2.32. The average molecular weight is 417 g/mol. The molecule has 0 spiro atoms. The molecular weight excluding hydrogens is 404 g/mol. The summed E-state index contributed by atoms with van der Waals surface area (Å²) in [6.45, 7) is 1.01. The quantitative estimate of drug-likeness (QED) is 0.677. The number of hydrogen-bond donors (Lipinski definition) is 1. The van der Waals surface area contributed by atoms with Crippen LogP contribution in [-0.2, 0) is 0 Å². The third-order valence-electron chi connectivity index (χ3n) is 3.65. The lowest BCUT2D eigenvalue weighted by Crippen LogP contribution is -2.17. The Morgan fingerprint density at radius 2 is 1.96 bits per heavy atom. The van der Waals surface area contributed by atoms with E-state index in [1.807, 2.05) is 29.6 Å². The van der Waals surface area contributed by atoms with E-state index in [1.165, 1.54) is 11.3 Å². The fourth-order valence-electron chi connectivity index (χ4n) is 2.47. The van der Waals surface area contributed by atoms with Gasteiger partial charge in [0.1, 0.15) is 13.2 Å². The molecule has 3 aromatic rings. The van der Waals surface area contributed by atoms with Crippen molar-refractivity contribution in [1.29, 1.82) is 0 Å². The second-order valence-electron chi connectivity index (χ2n) is 5.36. The highest BCUT2D eigenvalue weighted by atomic mass is 79.9. The zero-order valence-electron chi connectivity index (χ0n) is 13.0. The molecule has 0 atom stereocenters. The third kappa shape index (κ3) is 3.52. The van der Waals surface area contributed by atoms with E-state index in [1.54, 1.807) is 18.2 Å². The molecular formula is C18H13BrN2O3S. The Balaban J connectivity index is 1.52. The molecule has 0 bridgehead atoms. The van der Waals surface area contributed by atoms with Crippen LogP contribution < -0.4 is 14.8 Å². The number of rotatable bonds is 3. The Labute approximate surface area is 156 Å². The molecule has 126 valence electrons. The molecule has 5 nitrogen and oxygen atoms in total. The fourth-order valence-corrected chi connectivity index (χ4v) is 3.58. The molecule has 0 fully saturated rings. The molecule has 0 radical (unpaired) electrons. The number of aromatic nitrogens is 1. The molecule has 1 N–H and O–H groups in total. The zero-order chi connectivity index (χ0) is 17.2. The lowest BCUT2D eigenvalue weighted by molar-refractivity contribution is 0.102. The van der Waals surface area contributed by atoms with Gasteiger partial charge < -0.3 is 9.47 Å². The van der Waals surface area contributed by atoms with E-state index < -0.39 is 0 Å². The Hall–Kier alpha value is -2.38. The van der Waals surface area contributed by atoms with Gasteiger partial charge in [-0.3, -0.25) is 10.1 Å². The molecule has 0 aliphatic carbocycles. The SMILES string of the molecule is O=C(Nc1nc(-c2cccc(Br)c2)cs1)c1ccc2c(c1)OCCO2. The molecule has 1 amide bonds. The maximum absolute atomic E-state index is 12.5. The van der Waals surface area contributed by atoms with Crippen LogP contribution in [0.4, 0.5) is 5.13 Å². The van der Waals surface area contributed by atoms with Gasteiger partial charge in [-0.05, 0) is 30.3 Å². The highest BCUT2D eigenvalue weighted by Crippen LogP contribution is 2.31. The second-order valence-corrected chi connectivity index (χ2v) is 7.13. The lowest BCUT2D eigenvalue weighted by Gasteiger charge is -2.18. The summed E-state index contributed by atoms with van der Waals surface area (Å²) in [5.74, 6) is 1.02. The number of benzene rings is 2. The van der Waals surface area contributed by atoms with Crippen LogP contribution in [0.5, 0.6) is 11.5 Å². The molecule has 1 aliphatic heterocycles. The number of halogens is 1. The van der Waals surface area contributed by atoms with E-state index in [9.17, 15) is 4.79 Å². The standard InChI is InChI=1S/C18H13BrN2O3S/c19-13-3-1-2-11(8-13)14-10-25-18(20-14)21-17(22)12-4-5-15-16(9-12)24-7-6-23-15/h1-5,8-10H,6-7H2,(H,20,21,22). The van der Waals surface area contributed by atoms with Crippen molar-refractivity contribution in [2.24, 2.45) is 0 Å². The second kappa shape index (κ2) is 6.85. The number of ether oxygens (including phenoxy) is 2. The summed E-state index contributed by atoms with van der Waals surface area (Å²) in [6.07, 6.45) is 0. The number of amides is 1. The van der Waals surface area contributed by atoms with Crippen molar-refractivity contribution < 1.29 is 14.3 Å². The number of anilines is 1. The molecule has 0 saturated heterocycles. The normalized spacial score (nSPS) is 12.7. The first-order chi connectivity index (χ1) is 12.2. The van der Waals surface area contributed by atoms with Crippen LogP contribution in [0.1, 0.15) is 10.4 Å². The fraction of sp³-hybridized carbons (Fsp3) is 0.111. The van der Waals surface area contributed by atoms with Crippen molar-refractivity contribution in [2.75, 3.05) is 18.5 Å². The summed E-state index contributed by atoms with van der Waals surface area (Å²) >= 11 is 4.84. The molecule has 2 aromatic carbocycles. The number of nitrogens with one attached hydrogen (secondary N) is 1. The first-order valence-corrected chi connectivity index (χ1v) is 9.29. The predicted octanol–water partition coefficient (Wildman–Crippen LogP) is 4.60. The lowest BCUT2D eigenvalue weighted by atomic mass is 10.2. The first kappa shape index (κ1) is 16.1. The Bertz CT molecular complexity index is 942. The number of fused-ring (bicyclic) bond motifs is 1. The van der Waals surface area contributed by atoms with Crippen molar-refractivity contribution in [3.8, 4) is 22.8 Å². The van der Waals surface area contributed by atoms with Gasteiger partial charge in [0.25, 0.3) is 5.91 Å². The molecule has 7 heteroatoms. The minimum atomic E-state index is -0.230. The number of carbonyl (C=O) groups excluding carboxylic acids is 1. The summed E-state index contributed by atoms with van der Waals surface area (Å²) in [5, 5.41) is 5.30. The van der Waals surface area contributed by atoms with Crippen molar-refractivity contribution in [2.45, 2.75) is 0 Å². The molecule has 25 heavy (non-hydrogen) atoms. The largest absolute Gasteiger partial charge is 0.486 e. The van der Waals surface area contributed by atoms with E-state index in [0.717, 1.165) is 15.7 Å². The minimum Gasteiger partial charge on any atom is -0.486 e. The number of nitrogens with zero attached hydrogens (tertiary/aromatic N) is 1. The van der Waals surface area contributed by atoms with E-state index in [2.05, 4.69) is 26.2 Å². The number of thiazole rings is 1. The van der Waals surface area contributed by atoms with Gasteiger partial charge in [-0.15, -0.1) is 11.3 Å². The van der Waals surface area contributed by atoms with Gasteiger partial charge in [0.15, 0.2) is 16.6 Å². The van der Waals surface area contributed by atoms with Crippen LogP contribution in [0, 0.1) is 0 Å². The third-order valence-corrected chi connectivity index (χ3v) is 4.90. The smallest absolute Gasteiger partial charge is 0.257 e. The van der Waals surface area contributed by atoms with Crippen LogP contribution in [0.15, 0.2) is 52.3 Å². The summed E-state index contributed by atoms with van der Waals surface area (Å²) in [4.78, 5) is 16.9. The van der Waals surface area contributed by atoms with E-state index in [-0.39, 0.29) is 5.91 Å². The van der Waals surface area contributed by atoms with Crippen molar-refractivity contribution in [3.05, 3.63) is 57.9 Å².